The van der Waals surface area contributed by atoms with Crippen molar-refractivity contribution in [1.82, 2.24) is 10.2 Å². The van der Waals surface area contributed by atoms with Gasteiger partial charge in [-0.25, -0.2) is 4.39 Å². The van der Waals surface area contributed by atoms with Gasteiger partial charge >= 0.3 is 0 Å². The largest absolute Gasteiger partial charge is 0.378 e. The van der Waals surface area contributed by atoms with Crippen LogP contribution in [0.4, 0.5) is 10.1 Å². The van der Waals surface area contributed by atoms with Crippen LogP contribution in [0.1, 0.15) is 23.5 Å². The first kappa shape index (κ1) is 19.7. The summed E-state index contributed by atoms with van der Waals surface area (Å²) >= 11 is 0. The summed E-state index contributed by atoms with van der Waals surface area (Å²) in [5.41, 5.74) is 2.96. The van der Waals surface area contributed by atoms with E-state index in [2.05, 4.69) is 45.5 Å². The normalized spacial score (nSPS) is 20.2. The smallest absolute Gasteiger partial charge is 0.193 e. The van der Waals surface area contributed by atoms with Gasteiger partial charge < -0.3 is 19.9 Å². The molecule has 0 radical (unpaired) electrons. The van der Waals surface area contributed by atoms with Crippen molar-refractivity contribution >= 4 is 11.6 Å². The number of nitrogens with one attached hydrogen (secondary N) is 1. The molecule has 0 amide bonds. The van der Waals surface area contributed by atoms with Gasteiger partial charge in [-0.05, 0) is 29.7 Å². The SMILES string of the molecule is CN=C(NCc1ccc(N2CCOCC2)c(F)c1)N1CCC(c2ccccc2)C1. The second-order valence-corrected chi connectivity index (χ2v) is 7.63. The van der Waals surface area contributed by atoms with Crippen LogP contribution in [0.25, 0.3) is 0 Å². The van der Waals surface area contributed by atoms with Crippen LogP contribution in [0.3, 0.4) is 0 Å². The molecule has 2 fully saturated rings. The van der Waals surface area contributed by atoms with Crippen LogP contribution >= 0.6 is 0 Å². The lowest BCUT2D eigenvalue weighted by Gasteiger charge is -2.29. The molecule has 2 aromatic carbocycles. The molecule has 2 aliphatic rings. The number of hydrogen-bond donors (Lipinski definition) is 1. The highest BCUT2D eigenvalue weighted by molar-refractivity contribution is 5.80. The predicted molar refractivity (Wildman–Crippen MR) is 115 cm³/mol. The Kier molecular flexibility index (Phi) is 6.30. The summed E-state index contributed by atoms with van der Waals surface area (Å²) < 4.78 is 20.0. The van der Waals surface area contributed by atoms with Crippen LogP contribution in [0.5, 0.6) is 0 Å². The van der Waals surface area contributed by atoms with E-state index in [0.29, 0.717) is 31.4 Å². The maximum atomic E-state index is 14.6. The number of anilines is 1. The summed E-state index contributed by atoms with van der Waals surface area (Å²) in [6, 6.07) is 16.1. The highest BCUT2D eigenvalue weighted by Gasteiger charge is 2.26. The first-order valence-corrected chi connectivity index (χ1v) is 10.4. The topological polar surface area (TPSA) is 40.1 Å². The number of guanidine groups is 1. The van der Waals surface area contributed by atoms with Gasteiger partial charge in [0.25, 0.3) is 0 Å². The average molecular weight is 397 g/mol. The van der Waals surface area contributed by atoms with Crippen LogP contribution in [0.15, 0.2) is 53.5 Å². The molecule has 0 aliphatic carbocycles. The Balaban J connectivity index is 1.35. The molecule has 4 rings (SSSR count). The lowest BCUT2D eigenvalue weighted by molar-refractivity contribution is 0.122. The third-order valence-corrected chi connectivity index (χ3v) is 5.79. The number of aliphatic imine (C=N–C) groups is 1. The quantitative estimate of drug-likeness (QED) is 0.636. The van der Waals surface area contributed by atoms with E-state index in [1.165, 1.54) is 5.56 Å². The molecular formula is C23H29FN4O. The number of nitrogens with zero attached hydrogens (tertiary/aromatic N) is 3. The number of likely N-dealkylation sites (tertiary alicyclic amines) is 1. The Labute approximate surface area is 172 Å². The van der Waals surface area contributed by atoms with E-state index in [4.69, 9.17) is 4.74 Å². The summed E-state index contributed by atoms with van der Waals surface area (Å²) in [6.07, 6.45) is 1.12. The van der Waals surface area contributed by atoms with Crippen molar-refractivity contribution in [3.63, 3.8) is 0 Å². The van der Waals surface area contributed by atoms with Crippen molar-refractivity contribution in [2.24, 2.45) is 4.99 Å². The van der Waals surface area contributed by atoms with Crippen LogP contribution in [0.2, 0.25) is 0 Å². The molecule has 2 saturated heterocycles. The first-order valence-electron chi connectivity index (χ1n) is 10.4. The molecule has 1 N–H and O–H groups in total. The van der Waals surface area contributed by atoms with E-state index in [9.17, 15) is 4.39 Å². The number of halogens is 1. The molecular weight excluding hydrogens is 367 g/mol. The van der Waals surface area contributed by atoms with Crippen molar-refractivity contribution in [3.8, 4) is 0 Å². The van der Waals surface area contributed by atoms with E-state index < -0.39 is 0 Å². The summed E-state index contributed by atoms with van der Waals surface area (Å²) in [5.74, 6) is 1.23. The van der Waals surface area contributed by atoms with Crippen LogP contribution in [-0.2, 0) is 11.3 Å². The zero-order valence-electron chi connectivity index (χ0n) is 17.0. The molecule has 6 heteroatoms. The van der Waals surface area contributed by atoms with E-state index in [1.807, 2.05) is 17.0 Å². The minimum absolute atomic E-state index is 0.175. The molecule has 1 atom stereocenters. The fourth-order valence-corrected chi connectivity index (χ4v) is 4.18. The second-order valence-electron chi connectivity index (χ2n) is 7.63. The Hall–Kier alpha value is -2.60. The molecule has 0 spiro atoms. The Morgan fingerprint density at radius 2 is 1.93 bits per heavy atom. The maximum absolute atomic E-state index is 14.6. The third-order valence-electron chi connectivity index (χ3n) is 5.79. The molecule has 1 unspecified atom stereocenters. The third kappa shape index (κ3) is 4.70. The summed E-state index contributed by atoms with van der Waals surface area (Å²) in [5, 5.41) is 3.40. The van der Waals surface area contributed by atoms with Crippen molar-refractivity contribution < 1.29 is 9.13 Å². The van der Waals surface area contributed by atoms with E-state index in [0.717, 1.165) is 44.1 Å². The van der Waals surface area contributed by atoms with Crippen LogP contribution in [0, 0.1) is 5.82 Å². The molecule has 0 bridgehead atoms. The Morgan fingerprint density at radius 3 is 2.66 bits per heavy atom. The van der Waals surface area contributed by atoms with Gasteiger partial charge in [-0.2, -0.15) is 0 Å². The molecule has 0 saturated carbocycles. The summed E-state index contributed by atoms with van der Waals surface area (Å²) in [7, 11) is 1.81. The van der Waals surface area contributed by atoms with Gasteiger partial charge in [-0.15, -0.1) is 0 Å². The fourth-order valence-electron chi connectivity index (χ4n) is 4.18. The molecule has 154 valence electrons. The maximum Gasteiger partial charge on any atom is 0.193 e. The van der Waals surface area contributed by atoms with Gasteiger partial charge in [-0.1, -0.05) is 36.4 Å². The standard InChI is InChI=1S/C23H29FN4O/c1-25-23(28-10-9-20(17-28)19-5-3-2-4-6-19)26-16-18-7-8-22(21(24)15-18)27-11-13-29-14-12-27/h2-8,15,20H,9-14,16-17H2,1H3,(H,25,26). The monoisotopic (exact) mass is 396 g/mol. The highest BCUT2D eigenvalue weighted by Crippen LogP contribution is 2.27. The molecule has 2 aromatic rings. The minimum atomic E-state index is -0.175. The van der Waals surface area contributed by atoms with E-state index >= 15 is 0 Å². The lowest BCUT2D eigenvalue weighted by Crippen LogP contribution is -2.39. The fraction of sp³-hybridized carbons (Fsp3) is 0.435. The summed E-state index contributed by atoms with van der Waals surface area (Å²) in [6.45, 7) is 5.26. The Morgan fingerprint density at radius 1 is 1.14 bits per heavy atom. The van der Waals surface area contributed by atoms with Crippen molar-refractivity contribution in [2.45, 2.75) is 18.9 Å². The Bertz CT molecular complexity index is 836. The first-order chi connectivity index (χ1) is 14.2. The van der Waals surface area contributed by atoms with Crippen molar-refractivity contribution in [3.05, 3.63) is 65.5 Å². The van der Waals surface area contributed by atoms with E-state index in [1.54, 1.807) is 13.1 Å². The van der Waals surface area contributed by atoms with E-state index in [-0.39, 0.29) is 5.82 Å². The van der Waals surface area contributed by atoms with Gasteiger partial charge in [0, 0.05) is 45.7 Å². The van der Waals surface area contributed by atoms with Gasteiger partial charge in [-0.3, -0.25) is 4.99 Å². The molecule has 2 heterocycles. The lowest BCUT2D eigenvalue weighted by atomic mass is 9.99. The summed E-state index contributed by atoms with van der Waals surface area (Å²) in [4.78, 5) is 8.77. The highest BCUT2D eigenvalue weighted by atomic mass is 19.1. The van der Waals surface area contributed by atoms with Gasteiger partial charge in [0.2, 0.25) is 0 Å². The van der Waals surface area contributed by atoms with Gasteiger partial charge in [0.05, 0.1) is 18.9 Å². The second kappa shape index (κ2) is 9.27. The molecule has 0 aromatic heterocycles. The average Bonchev–Trinajstić information content (AvgIpc) is 3.26. The number of hydrogen-bond acceptors (Lipinski definition) is 3. The number of rotatable bonds is 4. The van der Waals surface area contributed by atoms with Gasteiger partial charge in [0.15, 0.2) is 5.96 Å². The number of ether oxygens (including phenoxy) is 1. The van der Waals surface area contributed by atoms with Crippen LogP contribution in [-0.4, -0.2) is 57.3 Å². The zero-order chi connectivity index (χ0) is 20.1. The molecule has 2 aliphatic heterocycles. The number of benzene rings is 2. The van der Waals surface area contributed by atoms with Crippen LogP contribution < -0.4 is 10.2 Å². The minimum Gasteiger partial charge on any atom is -0.378 e. The van der Waals surface area contributed by atoms with Gasteiger partial charge in [0.1, 0.15) is 5.82 Å². The predicted octanol–water partition coefficient (Wildman–Crippen LogP) is 3.23. The number of morpholine rings is 1. The zero-order valence-corrected chi connectivity index (χ0v) is 17.0. The van der Waals surface area contributed by atoms with Crippen molar-refractivity contribution in [1.29, 1.82) is 0 Å². The molecule has 29 heavy (non-hydrogen) atoms. The van der Waals surface area contributed by atoms with Crippen molar-refractivity contribution in [2.75, 3.05) is 51.3 Å². The molecule has 5 nitrogen and oxygen atoms in total.